The molecule has 1 aromatic carbocycles. The maximum Gasteiger partial charge on any atom is 0.241 e. The number of hydrogen-bond acceptors (Lipinski definition) is 5. The molecule has 7 nitrogen and oxygen atoms in total. The number of ether oxygens (including phenoxy) is 1. The molecule has 1 aliphatic rings. The van der Waals surface area contributed by atoms with Gasteiger partial charge in [-0.1, -0.05) is 30.7 Å². The van der Waals surface area contributed by atoms with E-state index in [9.17, 15) is 4.79 Å². The molecule has 0 bridgehead atoms. The van der Waals surface area contributed by atoms with Crippen LogP contribution in [0, 0.1) is 6.92 Å². The molecular weight excluding hydrogens is 402 g/mol. The lowest BCUT2D eigenvalue weighted by molar-refractivity contribution is -0.122. The van der Waals surface area contributed by atoms with E-state index in [0.717, 1.165) is 42.8 Å². The summed E-state index contributed by atoms with van der Waals surface area (Å²) >= 11 is 0. The number of amides is 1. The van der Waals surface area contributed by atoms with Gasteiger partial charge in [-0.15, -0.1) is 6.58 Å². The van der Waals surface area contributed by atoms with Crippen LogP contribution in [0.4, 0.5) is 5.69 Å². The van der Waals surface area contributed by atoms with E-state index in [0.29, 0.717) is 24.7 Å². The Kier molecular flexibility index (Phi) is 6.97. The Labute approximate surface area is 188 Å². The molecule has 0 radical (unpaired) electrons. The fourth-order valence-corrected chi connectivity index (χ4v) is 3.99. The zero-order valence-corrected chi connectivity index (χ0v) is 18.4. The van der Waals surface area contributed by atoms with Crippen LogP contribution < -0.4 is 10.1 Å². The average molecular weight is 432 g/mol. The maximum absolute atomic E-state index is 13.1. The standard InChI is InChI=1S/C25H29N5O2/c1-3-14-30-18-20(19(2)28-30)17-29-15-8-7-11-23(29)25(31)27-21-12-13-24(26-16-21)32-22-9-5-4-6-10-22/h3-6,9-10,12-13,16,18,23H,1,7-8,11,14-15,17H2,2H3,(H,27,31)/t23-/m0/s1. The summed E-state index contributed by atoms with van der Waals surface area (Å²) in [6.07, 6.45) is 8.50. The van der Waals surface area contributed by atoms with Crippen LogP contribution in [0.15, 0.2) is 67.5 Å². The second-order valence-corrected chi connectivity index (χ2v) is 8.02. The predicted octanol–water partition coefficient (Wildman–Crippen LogP) is 4.56. The van der Waals surface area contributed by atoms with Crippen molar-refractivity contribution in [3.63, 3.8) is 0 Å². The number of aryl methyl sites for hydroxylation is 1. The second-order valence-electron chi connectivity index (χ2n) is 8.02. The van der Waals surface area contributed by atoms with Crippen molar-refractivity contribution < 1.29 is 9.53 Å². The van der Waals surface area contributed by atoms with Crippen molar-refractivity contribution >= 4 is 11.6 Å². The Hall–Kier alpha value is -3.45. The van der Waals surface area contributed by atoms with Gasteiger partial charge in [0.2, 0.25) is 11.8 Å². The van der Waals surface area contributed by atoms with Gasteiger partial charge in [-0.2, -0.15) is 5.10 Å². The number of pyridine rings is 1. The topological polar surface area (TPSA) is 72.3 Å². The van der Waals surface area contributed by atoms with E-state index < -0.39 is 0 Å². The highest BCUT2D eigenvalue weighted by molar-refractivity contribution is 5.94. The van der Waals surface area contributed by atoms with Gasteiger partial charge >= 0.3 is 0 Å². The van der Waals surface area contributed by atoms with Crippen molar-refractivity contribution in [1.82, 2.24) is 19.7 Å². The average Bonchev–Trinajstić information content (AvgIpc) is 3.15. The lowest BCUT2D eigenvalue weighted by Crippen LogP contribution is -2.46. The first-order valence-corrected chi connectivity index (χ1v) is 11.0. The zero-order valence-electron chi connectivity index (χ0n) is 18.4. The lowest BCUT2D eigenvalue weighted by Gasteiger charge is -2.34. The minimum atomic E-state index is -0.175. The van der Waals surface area contributed by atoms with Crippen LogP contribution >= 0.6 is 0 Å². The fourth-order valence-electron chi connectivity index (χ4n) is 3.99. The lowest BCUT2D eigenvalue weighted by atomic mass is 10.0. The second kappa shape index (κ2) is 10.2. The normalized spacial score (nSPS) is 16.5. The summed E-state index contributed by atoms with van der Waals surface area (Å²) in [7, 11) is 0. The van der Waals surface area contributed by atoms with E-state index in [1.165, 1.54) is 0 Å². The van der Waals surface area contributed by atoms with Gasteiger partial charge in [-0.05, 0) is 44.5 Å². The number of allylic oxidation sites excluding steroid dienone is 1. The number of piperidine rings is 1. The molecule has 166 valence electrons. The number of nitrogens with one attached hydrogen (secondary N) is 1. The maximum atomic E-state index is 13.1. The van der Waals surface area contributed by atoms with Crippen molar-refractivity contribution in [3.05, 3.63) is 78.8 Å². The predicted molar refractivity (Wildman–Crippen MR) is 125 cm³/mol. The van der Waals surface area contributed by atoms with E-state index in [1.54, 1.807) is 12.3 Å². The SMILES string of the molecule is C=CCn1cc(CN2CCCC[C@H]2C(=O)Nc2ccc(Oc3ccccc3)nc2)c(C)n1. The third-order valence-electron chi connectivity index (χ3n) is 5.62. The van der Waals surface area contributed by atoms with Crippen LogP contribution in [-0.4, -0.2) is 38.2 Å². The molecule has 3 heterocycles. The van der Waals surface area contributed by atoms with Crippen molar-refractivity contribution in [2.45, 2.75) is 45.3 Å². The summed E-state index contributed by atoms with van der Waals surface area (Å²) in [5, 5.41) is 7.57. The monoisotopic (exact) mass is 431 g/mol. The molecule has 4 rings (SSSR count). The van der Waals surface area contributed by atoms with Gasteiger partial charge in [0.25, 0.3) is 0 Å². The Bertz CT molecular complexity index is 1050. The molecule has 1 N–H and O–H groups in total. The largest absolute Gasteiger partial charge is 0.439 e. The Morgan fingerprint density at radius 2 is 2.09 bits per heavy atom. The summed E-state index contributed by atoms with van der Waals surface area (Å²) in [5.41, 5.74) is 2.81. The van der Waals surface area contributed by atoms with Gasteiger partial charge in [0.1, 0.15) is 5.75 Å². The Morgan fingerprint density at radius 1 is 1.25 bits per heavy atom. The molecule has 0 spiro atoms. The van der Waals surface area contributed by atoms with Gasteiger partial charge in [-0.25, -0.2) is 4.98 Å². The highest BCUT2D eigenvalue weighted by Crippen LogP contribution is 2.23. The van der Waals surface area contributed by atoms with Crippen molar-refractivity contribution in [2.24, 2.45) is 0 Å². The summed E-state index contributed by atoms with van der Waals surface area (Å²) in [4.78, 5) is 19.7. The molecule has 1 amide bonds. The van der Waals surface area contributed by atoms with Crippen LogP contribution in [0.3, 0.4) is 0 Å². The molecule has 0 unspecified atom stereocenters. The van der Waals surface area contributed by atoms with E-state index >= 15 is 0 Å². The third-order valence-corrected chi connectivity index (χ3v) is 5.62. The van der Waals surface area contributed by atoms with Gasteiger partial charge in [-0.3, -0.25) is 14.4 Å². The van der Waals surface area contributed by atoms with Crippen LogP contribution in [0.2, 0.25) is 0 Å². The van der Waals surface area contributed by atoms with Gasteiger partial charge in [0.15, 0.2) is 0 Å². The molecule has 7 heteroatoms. The molecule has 1 fully saturated rings. The number of aromatic nitrogens is 3. The number of benzene rings is 1. The molecule has 3 aromatic rings. The van der Waals surface area contributed by atoms with Crippen molar-refractivity contribution in [1.29, 1.82) is 0 Å². The Balaban J connectivity index is 1.39. The number of nitrogens with zero attached hydrogens (tertiary/aromatic N) is 4. The van der Waals surface area contributed by atoms with Gasteiger partial charge in [0, 0.05) is 24.4 Å². The van der Waals surface area contributed by atoms with Crippen LogP contribution in [0.1, 0.15) is 30.5 Å². The van der Waals surface area contributed by atoms with Crippen LogP contribution in [0.25, 0.3) is 0 Å². The number of para-hydroxylation sites is 1. The minimum Gasteiger partial charge on any atom is -0.439 e. The smallest absolute Gasteiger partial charge is 0.241 e. The first-order chi connectivity index (χ1) is 15.6. The van der Waals surface area contributed by atoms with E-state index in [2.05, 4.69) is 33.1 Å². The summed E-state index contributed by atoms with van der Waals surface area (Å²) < 4.78 is 7.61. The molecule has 1 saturated heterocycles. The molecular formula is C25H29N5O2. The number of likely N-dealkylation sites (tertiary alicyclic amines) is 1. The molecule has 2 aromatic heterocycles. The molecule has 0 aliphatic carbocycles. The summed E-state index contributed by atoms with van der Waals surface area (Å²) in [6.45, 7) is 8.08. The van der Waals surface area contributed by atoms with Gasteiger partial charge < -0.3 is 10.1 Å². The van der Waals surface area contributed by atoms with E-state index in [-0.39, 0.29) is 11.9 Å². The third kappa shape index (κ3) is 5.42. The quantitative estimate of drug-likeness (QED) is 0.530. The van der Waals surface area contributed by atoms with Crippen molar-refractivity contribution in [2.75, 3.05) is 11.9 Å². The molecule has 32 heavy (non-hydrogen) atoms. The highest BCUT2D eigenvalue weighted by atomic mass is 16.5. The highest BCUT2D eigenvalue weighted by Gasteiger charge is 2.29. The van der Waals surface area contributed by atoms with E-state index in [1.807, 2.05) is 54.1 Å². The van der Waals surface area contributed by atoms with Gasteiger partial charge in [0.05, 0.1) is 30.2 Å². The molecule has 1 aliphatic heterocycles. The molecule has 1 atom stereocenters. The first kappa shape index (κ1) is 21.8. The van der Waals surface area contributed by atoms with Crippen LogP contribution in [0.5, 0.6) is 11.6 Å². The minimum absolute atomic E-state index is 0.000589. The number of carbonyl (C=O) groups excluding carboxylic acids is 1. The number of hydrogen-bond donors (Lipinski definition) is 1. The molecule has 0 saturated carbocycles. The first-order valence-electron chi connectivity index (χ1n) is 11.0. The Morgan fingerprint density at radius 3 is 2.84 bits per heavy atom. The van der Waals surface area contributed by atoms with E-state index in [4.69, 9.17) is 4.74 Å². The summed E-state index contributed by atoms with van der Waals surface area (Å²) in [5.74, 6) is 1.21. The number of carbonyl (C=O) groups is 1. The fraction of sp³-hybridized carbons (Fsp3) is 0.320. The van der Waals surface area contributed by atoms with Crippen molar-refractivity contribution in [3.8, 4) is 11.6 Å². The van der Waals surface area contributed by atoms with Crippen LogP contribution in [-0.2, 0) is 17.9 Å². The summed E-state index contributed by atoms with van der Waals surface area (Å²) in [6, 6.07) is 12.9. The zero-order chi connectivity index (χ0) is 22.3. The number of rotatable bonds is 8. The number of anilines is 1.